The van der Waals surface area contributed by atoms with Gasteiger partial charge in [-0.3, -0.25) is 0 Å². The fourth-order valence-corrected chi connectivity index (χ4v) is 4.59. The zero-order valence-electron chi connectivity index (χ0n) is 19.4. The summed E-state index contributed by atoms with van der Waals surface area (Å²) in [6.45, 7) is 2.97. The summed E-state index contributed by atoms with van der Waals surface area (Å²) < 4.78 is 18.7. The van der Waals surface area contributed by atoms with Gasteiger partial charge in [-0.05, 0) is 67.0 Å². The Morgan fingerprint density at radius 2 is 1.79 bits per heavy atom. The second-order valence-corrected chi connectivity index (χ2v) is 9.30. The van der Waals surface area contributed by atoms with Crippen molar-refractivity contribution < 1.29 is 14.2 Å². The number of hydrogen-bond donors (Lipinski definition) is 1. The number of ether oxygens (including phenoxy) is 3. The highest BCUT2D eigenvalue weighted by atomic mass is 79.9. The highest BCUT2D eigenvalue weighted by molar-refractivity contribution is 9.10. The molecule has 0 spiro atoms. The van der Waals surface area contributed by atoms with Crippen LogP contribution in [0, 0.1) is 0 Å². The lowest BCUT2D eigenvalue weighted by atomic mass is 9.89. The van der Waals surface area contributed by atoms with Crippen LogP contribution in [0.15, 0.2) is 65.1 Å². The minimum atomic E-state index is 0.0658. The molecule has 0 fully saturated rings. The SMILES string of the molecule is COc1cc(C2NCCc3cc(OCCN(C)C)ccc32)c(Br)cc1OCc1ccccc1. The fourth-order valence-electron chi connectivity index (χ4n) is 4.03. The highest BCUT2D eigenvalue weighted by Gasteiger charge is 2.25. The standard InChI is InChI=1S/C27H31BrN2O3/c1-30(2)13-14-32-21-9-10-22-20(15-21)11-12-29-27(22)23-16-25(31-3)26(17-24(23)28)33-18-19-7-5-4-6-8-19/h4-10,15-17,27,29H,11-14,18H2,1-3H3. The van der Waals surface area contributed by atoms with Crippen LogP contribution >= 0.6 is 15.9 Å². The van der Waals surface area contributed by atoms with Gasteiger partial charge in [-0.2, -0.15) is 0 Å². The van der Waals surface area contributed by atoms with E-state index in [0.29, 0.717) is 13.2 Å². The smallest absolute Gasteiger partial charge is 0.162 e. The molecule has 3 aromatic carbocycles. The molecule has 33 heavy (non-hydrogen) atoms. The van der Waals surface area contributed by atoms with Crippen molar-refractivity contribution in [3.05, 3.63) is 87.4 Å². The molecule has 174 valence electrons. The van der Waals surface area contributed by atoms with Gasteiger partial charge in [-0.15, -0.1) is 0 Å². The van der Waals surface area contributed by atoms with Crippen molar-refractivity contribution in [2.24, 2.45) is 0 Å². The molecule has 0 saturated heterocycles. The van der Waals surface area contributed by atoms with Crippen LogP contribution in [0.25, 0.3) is 0 Å². The van der Waals surface area contributed by atoms with Crippen molar-refractivity contribution in [3.63, 3.8) is 0 Å². The van der Waals surface area contributed by atoms with E-state index in [1.807, 2.05) is 24.3 Å². The predicted molar refractivity (Wildman–Crippen MR) is 136 cm³/mol. The Morgan fingerprint density at radius 1 is 0.970 bits per heavy atom. The first-order valence-corrected chi connectivity index (χ1v) is 12.0. The summed E-state index contributed by atoms with van der Waals surface area (Å²) in [5.74, 6) is 2.37. The summed E-state index contributed by atoms with van der Waals surface area (Å²) in [6, 6.07) is 20.7. The molecular formula is C27H31BrN2O3. The summed E-state index contributed by atoms with van der Waals surface area (Å²) in [4.78, 5) is 2.12. The Balaban J connectivity index is 1.55. The molecule has 0 aliphatic carbocycles. The summed E-state index contributed by atoms with van der Waals surface area (Å²) in [5.41, 5.74) is 4.82. The quantitative estimate of drug-likeness (QED) is 0.427. The lowest BCUT2D eigenvalue weighted by Gasteiger charge is -2.29. The Kier molecular flexibility index (Phi) is 7.91. The third kappa shape index (κ3) is 5.88. The predicted octanol–water partition coefficient (Wildman–Crippen LogP) is 5.21. The number of benzene rings is 3. The molecule has 0 bridgehead atoms. The van der Waals surface area contributed by atoms with E-state index < -0.39 is 0 Å². The zero-order valence-corrected chi connectivity index (χ0v) is 21.0. The first-order chi connectivity index (χ1) is 16.0. The zero-order chi connectivity index (χ0) is 23.2. The van der Waals surface area contributed by atoms with Crippen LogP contribution in [-0.4, -0.2) is 45.8 Å². The van der Waals surface area contributed by atoms with E-state index in [0.717, 1.165) is 52.4 Å². The molecule has 0 amide bonds. The van der Waals surface area contributed by atoms with Gasteiger partial charge in [0, 0.05) is 17.6 Å². The van der Waals surface area contributed by atoms with Crippen molar-refractivity contribution in [2.45, 2.75) is 19.1 Å². The van der Waals surface area contributed by atoms with Gasteiger partial charge in [0.1, 0.15) is 19.0 Å². The van der Waals surface area contributed by atoms with E-state index >= 15 is 0 Å². The molecule has 1 heterocycles. The number of likely N-dealkylation sites (N-methyl/N-ethyl adjacent to an activating group) is 1. The van der Waals surface area contributed by atoms with Gasteiger partial charge >= 0.3 is 0 Å². The first kappa shape index (κ1) is 23.6. The van der Waals surface area contributed by atoms with E-state index in [1.54, 1.807) is 7.11 Å². The van der Waals surface area contributed by atoms with Gasteiger partial charge in [0.15, 0.2) is 11.5 Å². The maximum Gasteiger partial charge on any atom is 0.162 e. The minimum absolute atomic E-state index is 0.0658. The molecule has 1 aliphatic rings. The van der Waals surface area contributed by atoms with E-state index in [2.05, 4.69) is 76.6 Å². The average molecular weight is 511 g/mol. The molecule has 1 unspecified atom stereocenters. The Hall–Kier alpha value is -2.54. The number of fused-ring (bicyclic) bond motifs is 1. The summed E-state index contributed by atoms with van der Waals surface area (Å²) in [6.07, 6.45) is 0.976. The van der Waals surface area contributed by atoms with Crippen LogP contribution in [0.2, 0.25) is 0 Å². The van der Waals surface area contributed by atoms with Crippen molar-refractivity contribution in [1.82, 2.24) is 10.2 Å². The fraction of sp³-hybridized carbons (Fsp3) is 0.333. The van der Waals surface area contributed by atoms with Crippen LogP contribution in [-0.2, 0) is 13.0 Å². The van der Waals surface area contributed by atoms with Crippen LogP contribution < -0.4 is 19.5 Å². The highest BCUT2D eigenvalue weighted by Crippen LogP contribution is 2.40. The summed E-state index contributed by atoms with van der Waals surface area (Å²) >= 11 is 3.78. The normalized spacial score (nSPS) is 15.2. The van der Waals surface area contributed by atoms with Crippen molar-refractivity contribution >= 4 is 15.9 Å². The lowest BCUT2D eigenvalue weighted by Crippen LogP contribution is -2.31. The maximum atomic E-state index is 6.08. The van der Waals surface area contributed by atoms with Gasteiger partial charge in [0.2, 0.25) is 0 Å². The maximum absolute atomic E-state index is 6.08. The number of hydrogen-bond acceptors (Lipinski definition) is 5. The molecule has 1 aliphatic heterocycles. The topological polar surface area (TPSA) is 43.0 Å². The van der Waals surface area contributed by atoms with Crippen LogP contribution in [0.3, 0.4) is 0 Å². The van der Waals surface area contributed by atoms with E-state index in [1.165, 1.54) is 11.1 Å². The van der Waals surface area contributed by atoms with Gasteiger partial charge in [-0.25, -0.2) is 0 Å². The van der Waals surface area contributed by atoms with Crippen molar-refractivity contribution in [3.8, 4) is 17.2 Å². The van der Waals surface area contributed by atoms with E-state index in [-0.39, 0.29) is 6.04 Å². The molecular weight excluding hydrogens is 480 g/mol. The largest absolute Gasteiger partial charge is 0.493 e. The molecule has 1 N–H and O–H groups in total. The molecule has 0 radical (unpaired) electrons. The third-order valence-corrected chi connectivity index (χ3v) is 6.49. The van der Waals surface area contributed by atoms with Gasteiger partial charge in [-0.1, -0.05) is 52.3 Å². The van der Waals surface area contributed by atoms with Crippen LogP contribution in [0.1, 0.15) is 28.3 Å². The summed E-state index contributed by atoms with van der Waals surface area (Å²) in [5, 5.41) is 3.66. The molecule has 4 rings (SSSR count). The first-order valence-electron chi connectivity index (χ1n) is 11.2. The number of halogens is 1. The van der Waals surface area contributed by atoms with Gasteiger partial charge < -0.3 is 24.4 Å². The van der Waals surface area contributed by atoms with Gasteiger partial charge in [0.25, 0.3) is 0 Å². The number of nitrogens with zero attached hydrogens (tertiary/aromatic N) is 1. The molecule has 0 aromatic heterocycles. The molecule has 6 heteroatoms. The van der Waals surface area contributed by atoms with Crippen molar-refractivity contribution in [2.75, 3.05) is 40.9 Å². The minimum Gasteiger partial charge on any atom is -0.493 e. The van der Waals surface area contributed by atoms with Crippen LogP contribution in [0.5, 0.6) is 17.2 Å². The number of nitrogens with one attached hydrogen (secondary N) is 1. The van der Waals surface area contributed by atoms with E-state index in [4.69, 9.17) is 14.2 Å². The second-order valence-electron chi connectivity index (χ2n) is 8.45. The Morgan fingerprint density at radius 3 is 2.55 bits per heavy atom. The molecule has 5 nitrogen and oxygen atoms in total. The molecule has 1 atom stereocenters. The number of rotatable bonds is 9. The monoisotopic (exact) mass is 510 g/mol. The Labute approximate surface area is 204 Å². The second kappa shape index (κ2) is 11.1. The Bertz CT molecular complexity index is 1070. The molecule has 0 saturated carbocycles. The summed E-state index contributed by atoms with van der Waals surface area (Å²) in [7, 11) is 5.79. The van der Waals surface area contributed by atoms with E-state index in [9.17, 15) is 0 Å². The van der Waals surface area contributed by atoms with Gasteiger partial charge in [0.05, 0.1) is 13.2 Å². The average Bonchev–Trinajstić information content (AvgIpc) is 2.83. The lowest BCUT2D eigenvalue weighted by molar-refractivity contribution is 0.261. The van der Waals surface area contributed by atoms with Crippen LogP contribution in [0.4, 0.5) is 0 Å². The third-order valence-electron chi connectivity index (χ3n) is 5.81. The number of methoxy groups -OCH3 is 1. The molecule has 3 aromatic rings. The van der Waals surface area contributed by atoms with Crippen molar-refractivity contribution in [1.29, 1.82) is 0 Å².